The summed E-state index contributed by atoms with van der Waals surface area (Å²) < 4.78 is 10.1. The third-order valence-electron chi connectivity index (χ3n) is 2.33. The molecule has 1 aromatic carbocycles. The Morgan fingerprint density at radius 2 is 2.24 bits per heavy atom. The first-order valence-corrected chi connectivity index (χ1v) is 5.40. The molecule has 0 saturated carbocycles. The Hall–Kier alpha value is -1.59. The molecule has 17 heavy (non-hydrogen) atoms. The first-order chi connectivity index (χ1) is 8.15. The molecule has 0 bridgehead atoms. The number of ether oxygens (including phenoxy) is 1. The van der Waals surface area contributed by atoms with Gasteiger partial charge in [0.15, 0.2) is 0 Å². The number of nitrogens with zero attached hydrogens (tertiary/aromatic N) is 2. The third kappa shape index (κ3) is 2.25. The van der Waals surface area contributed by atoms with E-state index in [0.29, 0.717) is 22.5 Å². The molecule has 0 aliphatic carbocycles. The second kappa shape index (κ2) is 4.73. The van der Waals surface area contributed by atoms with Crippen LogP contribution >= 0.6 is 11.6 Å². The highest BCUT2D eigenvalue weighted by Crippen LogP contribution is 2.32. The van der Waals surface area contributed by atoms with Crippen molar-refractivity contribution in [1.29, 1.82) is 0 Å². The van der Waals surface area contributed by atoms with Crippen LogP contribution in [0.2, 0.25) is 5.02 Å². The molecule has 90 valence electrons. The van der Waals surface area contributed by atoms with Crippen LogP contribution in [0.3, 0.4) is 0 Å². The number of aryl methyl sites for hydroxylation is 1. The maximum atomic E-state index is 6.09. The lowest BCUT2D eigenvalue weighted by molar-refractivity contribution is 0.380. The monoisotopic (exact) mass is 253 g/mol. The van der Waals surface area contributed by atoms with Crippen molar-refractivity contribution < 1.29 is 9.26 Å². The van der Waals surface area contributed by atoms with Crippen molar-refractivity contribution in [3.8, 4) is 17.1 Å². The summed E-state index contributed by atoms with van der Waals surface area (Å²) in [5.74, 6) is 1.51. The van der Waals surface area contributed by atoms with Crippen molar-refractivity contribution in [2.45, 2.75) is 13.5 Å². The molecule has 0 amide bonds. The van der Waals surface area contributed by atoms with Gasteiger partial charge in [0.25, 0.3) is 0 Å². The molecule has 0 unspecified atom stereocenters. The van der Waals surface area contributed by atoms with Crippen LogP contribution < -0.4 is 10.5 Å². The standard InChI is InChI=1S/C11H12ClN3O2/c1-6-3-7(4-8(12)10(6)16-2)11-14-9(5-13)17-15-11/h3-4H,5,13H2,1-2H3. The third-order valence-corrected chi connectivity index (χ3v) is 2.62. The van der Waals surface area contributed by atoms with Gasteiger partial charge in [0.2, 0.25) is 11.7 Å². The summed E-state index contributed by atoms with van der Waals surface area (Å²) in [4.78, 5) is 4.13. The molecule has 1 heterocycles. The Bertz CT molecular complexity index is 516. The zero-order chi connectivity index (χ0) is 12.4. The molecule has 0 saturated heterocycles. The zero-order valence-corrected chi connectivity index (χ0v) is 10.3. The fourth-order valence-electron chi connectivity index (χ4n) is 1.57. The summed E-state index contributed by atoms with van der Waals surface area (Å²) >= 11 is 6.09. The Balaban J connectivity index is 2.46. The summed E-state index contributed by atoms with van der Waals surface area (Å²) in [6.07, 6.45) is 0. The minimum Gasteiger partial charge on any atom is -0.495 e. The molecule has 2 N–H and O–H groups in total. The fourth-order valence-corrected chi connectivity index (χ4v) is 1.92. The van der Waals surface area contributed by atoms with Gasteiger partial charge in [-0.1, -0.05) is 16.8 Å². The van der Waals surface area contributed by atoms with Crippen molar-refractivity contribution in [1.82, 2.24) is 10.1 Å². The minimum absolute atomic E-state index is 0.218. The van der Waals surface area contributed by atoms with E-state index in [1.54, 1.807) is 13.2 Å². The molecule has 0 atom stereocenters. The van der Waals surface area contributed by atoms with Gasteiger partial charge in [0, 0.05) is 5.56 Å². The molecule has 0 spiro atoms. The summed E-state index contributed by atoms with van der Waals surface area (Å²) in [7, 11) is 1.58. The molecular formula is C11H12ClN3O2. The smallest absolute Gasteiger partial charge is 0.240 e. The maximum Gasteiger partial charge on any atom is 0.240 e. The molecule has 2 rings (SSSR count). The first-order valence-electron chi connectivity index (χ1n) is 5.03. The van der Waals surface area contributed by atoms with Gasteiger partial charge in [-0.3, -0.25) is 0 Å². The average molecular weight is 254 g/mol. The van der Waals surface area contributed by atoms with Gasteiger partial charge in [-0.15, -0.1) is 0 Å². The molecule has 0 fully saturated rings. The number of methoxy groups -OCH3 is 1. The van der Waals surface area contributed by atoms with Crippen molar-refractivity contribution in [3.63, 3.8) is 0 Å². The molecule has 1 aromatic heterocycles. The molecule has 0 aliphatic heterocycles. The Labute approximate surface area is 104 Å². The predicted octanol–water partition coefficient (Wildman–Crippen LogP) is 2.17. The first kappa shape index (κ1) is 11.9. The van der Waals surface area contributed by atoms with Crippen LogP contribution in [0.5, 0.6) is 5.75 Å². The highest BCUT2D eigenvalue weighted by molar-refractivity contribution is 6.32. The predicted molar refractivity (Wildman–Crippen MR) is 63.9 cm³/mol. The zero-order valence-electron chi connectivity index (χ0n) is 9.53. The van der Waals surface area contributed by atoms with E-state index in [1.165, 1.54) is 0 Å². The average Bonchev–Trinajstić information content (AvgIpc) is 2.77. The lowest BCUT2D eigenvalue weighted by atomic mass is 10.1. The van der Waals surface area contributed by atoms with Crippen LogP contribution in [0.1, 0.15) is 11.5 Å². The van der Waals surface area contributed by atoms with Crippen molar-refractivity contribution in [2.24, 2.45) is 5.73 Å². The van der Waals surface area contributed by atoms with Gasteiger partial charge in [-0.25, -0.2) is 0 Å². The van der Waals surface area contributed by atoms with Crippen LogP contribution in [0.15, 0.2) is 16.7 Å². The molecule has 6 heteroatoms. The number of benzene rings is 1. The molecule has 2 aromatic rings. The summed E-state index contributed by atoms with van der Waals surface area (Å²) in [6.45, 7) is 2.12. The van der Waals surface area contributed by atoms with Crippen LogP contribution in [0.4, 0.5) is 0 Å². The molecule has 5 nitrogen and oxygen atoms in total. The van der Waals surface area contributed by atoms with Gasteiger partial charge in [-0.2, -0.15) is 4.98 Å². The topological polar surface area (TPSA) is 74.2 Å². The highest BCUT2D eigenvalue weighted by atomic mass is 35.5. The number of rotatable bonds is 3. The van der Waals surface area contributed by atoms with E-state index >= 15 is 0 Å². The van der Waals surface area contributed by atoms with E-state index in [0.717, 1.165) is 11.1 Å². The van der Waals surface area contributed by atoms with E-state index in [2.05, 4.69) is 10.1 Å². The molecule has 0 radical (unpaired) electrons. The normalized spacial score (nSPS) is 10.6. The van der Waals surface area contributed by atoms with Crippen molar-refractivity contribution >= 4 is 11.6 Å². The summed E-state index contributed by atoms with van der Waals surface area (Å²) in [5, 5.41) is 4.34. The summed E-state index contributed by atoms with van der Waals surface area (Å²) in [5.41, 5.74) is 7.09. The maximum absolute atomic E-state index is 6.09. The van der Waals surface area contributed by atoms with Gasteiger partial charge >= 0.3 is 0 Å². The Kier molecular flexibility index (Phi) is 3.31. The van der Waals surface area contributed by atoms with Crippen LogP contribution in [0, 0.1) is 6.92 Å². The number of hydrogen-bond acceptors (Lipinski definition) is 5. The fraction of sp³-hybridized carbons (Fsp3) is 0.273. The van der Waals surface area contributed by atoms with Gasteiger partial charge in [0.05, 0.1) is 18.7 Å². The van der Waals surface area contributed by atoms with Crippen molar-refractivity contribution in [2.75, 3.05) is 7.11 Å². The van der Waals surface area contributed by atoms with E-state index < -0.39 is 0 Å². The SMILES string of the molecule is COc1c(C)cc(-c2noc(CN)n2)cc1Cl. The van der Waals surface area contributed by atoms with Gasteiger partial charge < -0.3 is 15.0 Å². The largest absolute Gasteiger partial charge is 0.495 e. The lowest BCUT2D eigenvalue weighted by Crippen LogP contribution is -1.96. The molecular weight excluding hydrogens is 242 g/mol. The molecule has 0 aliphatic rings. The Morgan fingerprint density at radius 3 is 2.76 bits per heavy atom. The van der Waals surface area contributed by atoms with E-state index in [1.807, 2.05) is 13.0 Å². The van der Waals surface area contributed by atoms with E-state index in [-0.39, 0.29) is 6.54 Å². The number of hydrogen-bond donors (Lipinski definition) is 1. The van der Waals surface area contributed by atoms with Crippen LogP contribution in [-0.2, 0) is 6.54 Å². The quantitative estimate of drug-likeness (QED) is 0.907. The van der Waals surface area contributed by atoms with Crippen LogP contribution in [0.25, 0.3) is 11.4 Å². The lowest BCUT2D eigenvalue weighted by Gasteiger charge is -2.07. The second-order valence-electron chi connectivity index (χ2n) is 3.52. The number of halogens is 1. The van der Waals surface area contributed by atoms with Gasteiger partial charge in [0.1, 0.15) is 5.75 Å². The summed E-state index contributed by atoms with van der Waals surface area (Å²) in [6, 6.07) is 3.62. The number of aromatic nitrogens is 2. The number of nitrogens with two attached hydrogens (primary N) is 1. The Morgan fingerprint density at radius 1 is 1.47 bits per heavy atom. The highest BCUT2D eigenvalue weighted by Gasteiger charge is 2.12. The van der Waals surface area contributed by atoms with Gasteiger partial charge in [-0.05, 0) is 24.6 Å². The van der Waals surface area contributed by atoms with Crippen molar-refractivity contribution in [3.05, 3.63) is 28.6 Å². The van der Waals surface area contributed by atoms with Crippen LogP contribution in [-0.4, -0.2) is 17.3 Å². The minimum atomic E-state index is 0.218. The van der Waals surface area contributed by atoms with E-state index in [4.69, 9.17) is 26.6 Å². The second-order valence-corrected chi connectivity index (χ2v) is 3.93. The van der Waals surface area contributed by atoms with E-state index in [9.17, 15) is 0 Å².